The maximum atomic E-state index is 12.4. The monoisotopic (exact) mass is 426 g/mol. The Labute approximate surface area is 167 Å². The van der Waals surface area contributed by atoms with Crippen molar-refractivity contribution in [3.8, 4) is 5.75 Å². The van der Waals surface area contributed by atoms with Crippen LogP contribution in [0.1, 0.15) is 25.0 Å². The van der Waals surface area contributed by atoms with Gasteiger partial charge in [-0.25, -0.2) is 26.3 Å². The maximum Gasteiger partial charge on any atom is 0.240 e. The lowest BCUT2D eigenvalue weighted by Gasteiger charge is -2.11. The van der Waals surface area contributed by atoms with E-state index < -0.39 is 20.0 Å². The minimum Gasteiger partial charge on any atom is -0.496 e. The summed E-state index contributed by atoms with van der Waals surface area (Å²) in [6.07, 6.45) is 0.437. The molecule has 2 rings (SSSR count). The van der Waals surface area contributed by atoms with E-state index in [-0.39, 0.29) is 22.4 Å². The lowest BCUT2D eigenvalue weighted by molar-refractivity contribution is 0.411. The highest BCUT2D eigenvalue weighted by Crippen LogP contribution is 2.21. The number of methoxy groups -OCH3 is 1. The zero-order valence-corrected chi connectivity index (χ0v) is 18.0. The molecule has 0 amide bonds. The number of hydrogen-bond acceptors (Lipinski definition) is 5. The Morgan fingerprint density at radius 3 is 2.07 bits per heavy atom. The normalized spacial score (nSPS) is 12.3. The molecule has 0 heterocycles. The fourth-order valence-corrected chi connectivity index (χ4v) is 5.01. The molecular formula is C19H26N2O5S2. The minimum absolute atomic E-state index is 0.173. The van der Waals surface area contributed by atoms with Gasteiger partial charge in [-0.1, -0.05) is 12.1 Å². The van der Waals surface area contributed by atoms with Crippen molar-refractivity contribution in [3.05, 3.63) is 53.6 Å². The van der Waals surface area contributed by atoms with E-state index in [0.29, 0.717) is 12.2 Å². The molecule has 28 heavy (non-hydrogen) atoms. The maximum absolute atomic E-state index is 12.4. The number of hydrogen-bond donors (Lipinski definition) is 2. The van der Waals surface area contributed by atoms with Gasteiger partial charge < -0.3 is 4.74 Å². The molecule has 2 aromatic carbocycles. The first-order valence-corrected chi connectivity index (χ1v) is 11.8. The van der Waals surface area contributed by atoms with Crippen LogP contribution in [-0.4, -0.2) is 36.5 Å². The Kier molecular flexibility index (Phi) is 7.22. The van der Waals surface area contributed by atoms with Gasteiger partial charge in [0.1, 0.15) is 5.75 Å². The van der Waals surface area contributed by atoms with Gasteiger partial charge in [-0.2, -0.15) is 0 Å². The molecule has 0 saturated heterocycles. The largest absolute Gasteiger partial charge is 0.496 e. The summed E-state index contributed by atoms with van der Waals surface area (Å²) >= 11 is 0. The average molecular weight is 427 g/mol. The lowest BCUT2D eigenvalue weighted by Crippen LogP contribution is -2.30. The van der Waals surface area contributed by atoms with Crippen molar-refractivity contribution < 1.29 is 21.6 Å². The second-order valence-corrected chi connectivity index (χ2v) is 10.2. The highest BCUT2D eigenvalue weighted by Gasteiger charge is 2.16. The predicted molar refractivity (Wildman–Crippen MR) is 109 cm³/mol. The molecule has 0 aromatic heterocycles. The van der Waals surface area contributed by atoms with Gasteiger partial charge in [0.05, 0.1) is 16.9 Å². The van der Waals surface area contributed by atoms with E-state index in [1.807, 2.05) is 0 Å². The van der Waals surface area contributed by atoms with Crippen LogP contribution in [0.5, 0.6) is 5.75 Å². The summed E-state index contributed by atoms with van der Waals surface area (Å²) in [7, 11) is -5.64. The molecule has 7 nitrogen and oxygen atoms in total. The Bertz CT molecular complexity index is 1010. The van der Waals surface area contributed by atoms with Crippen LogP contribution in [0.2, 0.25) is 0 Å². The molecule has 0 spiro atoms. The first kappa shape index (κ1) is 22.4. The molecule has 2 aromatic rings. The summed E-state index contributed by atoms with van der Waals surface area (Å²) in [5.74, 6) is 0.626. The standard InChI is InChI=1S/C19H26N2O5S2/c1-14(2)21-28(24,25)17-7-5-16(6-8-17)11-12-20-27(22,23)18-9-10-19(26-4)15(3)13-18/h5-10,13-14,20-21H,11-12H2,1-4H3. The third kappa shape index (κ3) is 5.78. The number of sulfonamides is 2. The molecule has 0 fully saturated rings. The molecule has 154 valence electrons. The highest BCUT2D eigenvalue weighted by molar-refractivity contribution is 7.89. The van der Waals surface area contributed by atoms with E-state index >= 15 is 0 Å². The first-order chi connectivity index (χ1) is 13.0. The molecule has 0 bridgehead atoms. The molecule has 0 aliphatic carbocycles. The molecule has 0 aliphatic rings. The number of ether oxygens (including phenoxy) is 1. The number of rotatable bonds is 9. The number of nitrogens with one attached hydrogen (secondary N) is 2. The van der Waals surface area contributed by atoms with Crippen LogP contribution >= 0.6 is 0 Å². The first-order valence-electron chi connectivity index (χ1n) is 8.81. The summed E-state index contributed by atoms with van der Waals surface area (Å²) in [6, 6.07) is 10.9. The summed E-state index contributed by atoms with van der Waals surface area (Å²) in [5.41, 5.74) is 1.56. The predicted octanol–water partition coefficient (Wildman–Crippen LogP) is 2.21. The molecule has 9 heteroatoms. The van der Waals surface area contributed by atoms with Crippen molar-refractivity contribution in [2.45, 2.75) is 43.0 Å². The van der Waals surface area contributed by atoms with Gasteiger partial charge in [0, 0.05) is 12.6 Å². The van der Waals surface area contributed by atoms with Crippen molar-refractivity contribution in [1.29, 1.82) is 0 Å². The van der Waals surface area contributed by atoms with Gasteiger partial charge in [0.25, 0.3) is 0 Å². The number of benzene rings is 2. The van der Waals surface area contributed by atoms with Gasteiger partial charge in [0.15, 0.2) is 0 Å². The molecule has 0 atom stereocenters. The Morgan fingerprint density at radius 2 is 1.54 bits per heavy atom. The fraction of sp³-hybridized carbons (Fsp3) is 0.368. The Hall–Kier alpha value is -1.94. The summed E-state index contributed by atoms with van der Waals surface area (Å²) in [6.45, 7) is 5.48. The van der Waals surface area contributed by atoms with E-state index in [1.54, 1.807) is 45.0 Å². The van der Waals surface area contributed by atoms with Crippen LogP contribution in [0.15, 0.2) is 52.3 Å². The van der Waals surface area contributed by atoms with Crippen LogP contribution in [-0.2, 0) is 26.5 Å². The van der Waals surface area contributed by atoms with Gasteiger partial charge >= 0.3 is 0 Å². The summed E-state index contributed by atoms with van der Waals surface area (Å²) in [4.78, 5) is 0.353. The smallest absolute Gasteiger partial charge is 0.240 e. The SMILES string of the molecule is COc1ccc(S(=O)(=O)NCCc2ccc(S(=O)(=O)NC(C)C)cc2)cc1C. The van der Waals surface area contributed by atoms with Crippen molar-refractivity contribution in [1.82, 2.24) is 9.44 Å². The summed E-state index contributed by atoms with van der Waals surface area (Å²) < 4.78 is 59.3. The van der Waals surface area contributed by atoms with E-state index in [2.05, 4.69) is 9.44 Å². The topological polar surface area (TPSA) is 102 Å². The van der Waals surface area contributed by atoms with E-state index in [1.165, 1.54) is 25.3 Å². The van der Waals surface area contributed by atoms with E-state index in [9.17, 15) is 16.8 Å². The Balaban J connectivity index is 2.00. The van der Waals surface area contributed by atoms with Crippen LogP contribution in [0.25, 0.3) is 0 Å². The van der Waals surface area contributed by atoms with Crippen molar-refractivity contribution in [2.75, 3.05) is 13.7 Å². The quantitative estimate of drug-likeness (QED) is 0.640. The second-order valence-electron chi connectivity index (χ2n) is 6.70. The van der Waals surface area contributed by atoms with Crippen molar-refractivity contribution >= 4 is 20.0 Å². The molecule has 0 unspecified atom stereocenters. The molecular weight excluding hydrogens is 400 g/mol. The molecule has 0 aliphatic heterocycles. The highest BCUT2D eigenvalue weighted by atomic mass is 32.2. The van der Waals surface area contributed by atoms with Crippen LogP contribution in [0.3, 0.4) is 0 Å². The van der Waals surface area contributed by atoms with Crippen LogP contribution in [0.4, 0.5) is 0 Å². The minimum atomic E-state index is -3.63. The zero-order valence-electron chi connectivity index (χ0n) is 16.4. The molecule has 0 saturated carbocycles. The van der Waals surface area contributed by atoms with Gasteiger partial charge in [0.2, 0.25) is 20.0 Å². The van der Waals surface area contributed by atoms with Gasteiger partial charge in [-0.15, -0.1) is 0 Å². The van der Waals surface area contributed by atoms with Crippen molar-refractivity contribution in [3.63, 3.8) is 0 Å². The molecule has 0 radical (unpaired) electrons. The van der Waals surface area contributed by atoms with Crippen LogP contribution in [0, 0.1) is 6.92 Å². The van der Waals surface area contributed by atoms with Crippen LogP contribution < -0.4 is 14.2 Å². The van der Waals surface area contributed by atoms with E-state index in [4.69, 9.17) is 4.74 Å². The third-order valence-electron chi connectivity index (χ3n) is 4.01. The zero-order chi connectivity index (χ0) is 20.9. The molecule has 2 N–H and O–H groups in total. The van der Waals surface area contributed by atoms with Gasteiger partial charge in [-0.3, -0.25) is 0 Å². The fourth-order valence-electron chi connectivity index (χ4n) is 2.64. The van der Waals surface area contributed by atoms with Gasteiger partial charge in [-0.05, 0) is 68.7 Å². The number of aryl methyl sites for hydroxylation is 1. The third-order valence-corrected chi connectivity index (χ3v) is 7.14. The van der Waals surface area contributed by atoms with Crippen molar-refractivity contribution in [2.24, 2.45) is 0 Å². The Morgan fingerprint density at radius 1 is 0.929 bits per heavy atom. The summed E-state index contributed by atoms with van der Waals surface area (Å²) in [5, 5.41) is 0. The second kappa shape index (κ2) is 9.04. The average Bonchev–Trinajstić information content (AvgIpc) is 2.61. The van der Waals surface area contributed by atoms with E-state index in [0.717, 1.165) is 11.1 Å². The lowest BCUT2D eigenvalue weighted by atomic mass is 10.2.